The second kappa shape index (κ2) is 4.36. The summed E-state index contributed by atoms with van der Waals surface area (Å²) >= 11 is 5.73. The molecule has 0 spiro atoms. The maximum absolute atomic E-state index is 3.84. The minimum Gasteiger partial charge on any atom is -0.146 e. The fraction of sp³-hybridized carbons (Fsp3) is 0.667. The normalized spacial score (nSPS) is 14.4. The van der Waals surface area contributed by atoms with Crippen molar-refractivity contribution in [2.75, 3.05) is 0 Å². The van der Waals surface area contributed by atoms with Gasteiger partial charge in [-0.05, 0) is 37.3 Å². The average Bonchev–Trinajstić information content (AvgIpc) is 2.44. The third kappa shape index (κ3) is 2.40. The molecule has 1 rings (SSSR count). The molecule has 2 heteroatoms. The Morgan fingerprint density at radius 2 is 2.00 bits per heavy atom. The molecule has 80 valence electrons. The van der Waals surface area contributed by atoms with E-state index in [0.717, 1.165) is 0 Å². The molecular formula is C12H19BrS. The molecular weight excluding hydrogens is 256 g/mol. The quantitative estimate of drug-likeness (QED) is 0.662. The van der Waals surface area contributed by atoms with Gasteiger partial charge in [0.1, 0.15) is 0 Å². The van der Waals surface area contributed by atoms with Crippen LogP contribution in [0.4, 0.5) is 0 Å². The first-order valence-corrected chi connectivity index (χ1v) is 6.82. The summed E-state index contributed by atoms with van der Waals surface area (Å²) in [6.07, 6.45) is 1.19. The molecule has 0 radical (unpaired) electrons. The second-order valence-corrected chi connectivity index (χ2v) is 6.95. The molecule has 0 N–H and O–H groups in total. The van der Waals surface area contributed by atoms with E-state index in [9.17, 15) is 0 Å². The highest BCUT2D eigenvalue weighted by molar-refractivity contribution is 9.09. The Bertz CT molecular complexity index is 312. The molecule has 1 aromatic rings. The van der Waals surface area contributed by atoms with Gasteiger partial charge in [0.2, 0.25) is 0 Å². The zero-order chi connectivity index (χ0) is 10.9. The zero-order valence-corrected chi connectivity index (χ0v) is 12.1. The van der Waals surface area contributed by atoms with Gasteiger partial charge in [-0.3, -0.25) is 0 Å². The SMILES string of the molecule is CCC(C)(C)C(Br)c1cc(C)sc1C. The van der Waals surface area contributed by atoms with Gasteiger partial charge in [0.25, 0.3) is 0 Å². The van der Waals surface area contributed by atoms with E-state index >= 15 is 0 Å². The molecule has 1 atom stereocenters. The Hall–Kier alpha value is 0.180. The van der Waals surface area contributed by atoms with E-state index in [1.165, 1.54) is 21.7 Å². The van der Waals surface area contributed by atoms with Gasteiger partial charge in [-0.1, -0.05) is 36.7 Å². The van der Waals surface area contributed by atoms with Crippen LogP contribution in [0, 0.1) is 19.3 Å². The molecule has 14 heavy (non-hydrogen) atoms. The molecule has 0 bridgehead atoms. The topological polar surface area (TPSA) is 0 Å². The van der Waals surface area contributed by atoms with Crippen molar-refractivity contribution in [3.05, 3.63) is 21.4 Å². The molecule has 0 saturated carbocycles. The maximum Gasteiger partial charge on any atom is 0.0457 e. The van der Waals surface area contributed by atoms with Crippen LogP contribution in [0.1, 0.15) is 47.3 Å². The molecule has 0 amide bonds. The summed E-state index contributed by atoms with van der Waals surface area (Å²) < 4.78 is 0. The van der Waals surface area contributed by atoms with E-state index in [4.69, 9.17) is 0 Å². The first kappa shape index (κ1) is 12.3. The highest BCUT2D eigenvalue weighted by Crippen LogP contribution is 2.45. The first-order valence-electron chi connectivity index (χ1n) is 5.09. The second-order valence-electron chi connectivity index (χ2n) is 4.57. The lowest BCUT2D eigenvalue weighted by molar-refractivity contribution is 0.346. The van der Waals surface area contributed by atoms with Crippen molar-refractivity contribution < 1.29 is 0 Å². The minimum absolute atomic E-state index is 0.332. The number of rotatable bonds is 3. The summed E-state index contributed by atoms with van der Waals surface area (Å²) in [5.41, 5.74) is 1.80. The van der Waals surface area contributed by atoms with Crippen molar-refractivity contribution in [3.8, 4) is 0 Å². The number of thiophene rings is 1. The Morgan fingerprint density at radius 1 is 1.43 bits per heavy atom. The van der Waals surface area contributed by atoms with Gasteiger partial charge >= 0.3 is 0 Å². The molecule has 0 nitrogen and oxygen atoms in total. The average molecular weight is 275 g/mol. The van der Waals surface area contributed by atoms with E-state index in [1.54, 1.807) is 0 Å². The summed E-state index contributed by atoms with van der Waals surface area (Å²) in [5, 5.41) is 0. The van der Waals surface area contributed by atoms with E-state index in [0.29, 0.717) is 10.2 Å². The molecule has 1 unspecified atom stereocenters. The van der Waals surface area contributed by atoms with E-state index in [1.807, 2.05) is 11.3 Å². The fourth-order valence-electron chi connectivity index (χ4n) is 1.50. The third-order valence-corrected chi connectivity index (χ3v) is 5.66. The molecule has 1 aromatic heterocycles. The molecule has 0 aliphatic heterocycles. The van der Waals surface area contributed by atoms with Gasteiger partial charge in [0.05, 0.1) is 0 Å². The summed E-state index contributed by atoms with van der Waals surface area (Å²) in [4.78, 5) is 3.34. The van der Waals surface area contributed by atoms with Gasteiger partial charge in [-0.15, -0.1) is 11.3 Å². The van der Waals surface area contributed by atoms with Gasteiger partial charge < -0.3 is 0 Å². The van der Waals surface area contributed by atoms with Crippen LogP contribution in [0.5, 0.6) is 0 Å². The molecule has 0 aromatic carbocycles. The smallest absolute Gasteiger partial charge is 0.0457 e. The van der Waals surface area contributed by atoms with Crippen LogP contribution in [0.25, 0.3) is 0 Å². The Morgan fingerprint density at radius 3 is 2.36 bits per heavy atom. The van der Waals surface area contributed by atoms with Crippen LogP contribution < -0.4 is 0 Å². The fourth-order valence-corrected chi connectivity index (χ4v) is 3.42. The lowest BCUT2D eigenvalue weighted by atomic mass is 9.83. The van der Waals surface area contributed by atoms with Crippen molar-refractivity contribution >= 4 is 27.3 Å². The standard InChI is InChI=1S/C12H19BrS/c1-6-12(4,5)11(13)10-7-8(2)14-9(10)3/h7,11H,6H2,1-5H3. The van der Waals surface area contributed by atoms with Crippen molar-refractivity contribution in [2.24, 2.45) is 5.41 Å². The monoisotopic (exact) mass is 274 g/mol. The van der Waals surface area contributed by atoms with Crippen molar-refractivity contribution in [1.29, 1.82) is 0 Å². The summed E-state index contributed by atoms with van der Waals surface area (Å²) in [7, 11) is 0. The molecule has 0 saturated heterocycles. The van der Waals surface area contributed by atoms with Gasteiger partial charge in [0, 0.05) is 14.6 Å². The Balaban J connectivity index is 3.00. The van der Waals surface area contributed by atoms with E-state index in [-0.39, 0.29) is 0 Å². The first-order chi connectivity index (χ1) is 6.38. The van der Waals surface area contributed by atoms with E-state index < -0.39 is 0 Å². The summed E-state index contributed by atoms with van der Waals surface area (Å²) in [5.74, 6) is 0. The summed E-state index contributed by atoms with van der Waals surface area (Å²) in [6.45, 7) is 11.3. The predicted octanol–water partition coefficient (Wildman–Crippen LogP) is 5.24. The summed E-state index contributed by atoms with van der Waals surface area (Å²) in [6, 6.07) is 2.32. The van der Waals surface area contributed by atoms with Gasteiger partial charge in [-0.25, -0.2) is 0 Å². The minimum atomic E-state index is 0.332. The van der Waals surface area contributed by atoms with Gasteiger partial charge in [0.15, 0.2) is 0 Å². The maximum atomic E-state index is 3.84. The Kier molecular flexibility index (Phi) is 3.81. The Labute approximate surface area is 99.9 Å². The van der Waals surface area contributed by atoms with Crippen LogP contribution in [-0.4, -0.2) is 0 Å². The van der Waals surface area contributed by atoms with Crippen LogP contribution in [0.3, 0.4) is 0 Å². The molecule has 1 heterocycles. The third-order valence-electron chi connectivity index (χ3n) is 2.95. The lowest BCUT2D eigenvalue weighted by Crippen LogP contribution is -2.16. The van der Waals surface area contributed by atoms with E-state index in [2.05, 4.69) is 56.6 Å². The number of hydrogen-bond donors (Lipinski definition) is 0. The van der Waals surface area contributed by atoms with Crippen LogP contribution in [0.2, 0.25) is 0 Å². The van der Waals surface area contributed by atoms with Gasteiger partial charge in [-0.2, -0.15) is 0 Å². The number of alkyl halides is 1. The number of hydrogen-bond acceptors (Lipinski definition) is 1. The molecule has 0 aliphatic rings. The number of aryl methyl sites for hydroxylation is 2. The van der Waals surface area contributed by atoms with Crippen LogP contribution in [0.15, 0.2) is 6.07 Å². The molecule has 0 fully saturated rings. The largest absolute Gasteiger partial charge is 0.146 e. The van der Waals surface area contributed by atoms with Crippen molar-refractivity contribution in [1.82, 2.24) is 0 Å². The predicted molar refractivity (Wildman–Crippen MR) is 69.5 cm³/mol. The van der Waals surface area contributed by atoms with Crippen molar-refractivity contribution in [2.45, 2.75) is 45.9 Å². The van der Waals surface area contributed by atoms with Crippen LogP contribution >= 0.6 is 27.3 Å². The number of halogens is 1. The van der Waals surface area contributed by atoms with Crippen molar-refractivity contribution in [3.63, 3.8) is 0 Å². The highest BCUT2D eigenvalue weighted by atomic mass is 79.9. The highest BCUT2D eigenvalue weighted by Gasteiger charge is 2.28. The zero-order valence-electron chi connectivity index (χ0n) is 9.65. The van der Waals surface area contributed by atoms with Crippen LogP contribution in [-0.2, 0) is 0 Å². The lowest BCUT2D eigenvalue weighted by Gasteiger charge is -2.29. The molecule has 0 aliphatic carbocycles.